The van der Waals surface area contributed by atoms with E-state index in [-0.39, 0.29) is 48.2 Å². The molecule has 0 fully saturated rings. The summed E-state index contributed by atoms with van der Waals surface area (Å²) in [5.74, 6) is -1.33. The predicted octanol–water partition coefficient (Wildman–Crippen LogP) is 11.2. The smallest absolute Gasteiger partial charge is 0.403 e. The summed E-state index contributed by atoms with van der Waals surface area (Å²) in [6.45, 7) is 2.85. The van der Waals surface area contributed by atoms with E-state index in [4.69, 9.17) is 5.11 Å². The monoisotopic (exact) mass is 827 g/mol. The summed E-state index contributed by atoms with van der Waals surface area (Å²) in [7, 11) is 0. The van der Waals surface area contributed by atoms with Crippen molar-refractivity contribution in [3.63, 3.8) is 0 Å². The topological polar surface area (TPSA) is 50.2 Å². The number of rotatable bonds is 3. The van der Waals surface area contributed by atoms with Crippen LogP contribution in [0.3, 0.4) is 0 Å². The maximum absolute atomic E-state index is 14.4. The number of aromatic nitrogens is 1. The zero-order valence-corrected chi connectivity index (χ0v) is 27.8. The third-order valence-electron chi connectivity index (χ3n) is 7.76. The van der Waals surface area contributed by atoms with Gasteiger partial charge in [0.2, 0.25) is 0 Å². The SMILES string of the molecule is CC(=O)/C=C(/C)O.Fc1cccc(F)c1-c1ccc2c(ccc3c4ccnc(-c5[c-]c6ccccc6c(C(F)(F)F)c5)c4ccc23)c1.[Ir]. The minimum atomic E-state index is -4.54. The van der Waals surface area contributed by atoms with E-state index in [1.165, 1.54) is 44.2 Å². The fourth-order valence-electron chi connectivity index (χ4n) is 5.84. The zero-order chi connectivity index (χ0) is 33.5. The molecule has 1 aromatic heterocycles. The quantitative estimate of drug-likeness (QED) is 0.0635. The molecule has 0 atom stereocenters. The molecule has 243 valence electrons. The van der Waals surface area contributed by atoms with Crippen molar-refractivity contribution < 1.29 is 52.0 Å². The molecule has 7 aromatic rings. The molecule has 0 aliphatic rings. The van der Waals surface area contributed by atoms with Crippen LogP contribution in [0.25, 0.3) is 65.5 Å². The van der Waals surface area contributed by atoms with Crippen LogP contribution >= 0.6 is 0 Å². The fourth-order valence-corrected chi connectivity index (χ4v) is 5.84. The summed E-state index contributed by atoms with van der Waals surface area (Å²) in [6, 6.07) is 29.0. The van der Waals surface area contributed by atoms with Gasteiger partial charge >= 0.3 is 6.18 Å². The number of halogens is 5. The van der Waals surface area contributed by atoms with E-state index in [9.17, 15) is 26.7 Å². The third-order valence-corrected chi connectivity index (χ3v) is 7.76. The first-order chi connectivity index (χ1) is 22.4. The molecule has 48 heavy (non-hydrogen) atoms. The predicted molar refractivity (Wildman–Crippen MR) is 176 cm³/mol. The number of carbonyl (C=O) groups is 1. The van der Waals surface area contributed by atoms with Crippen LogP contribution in [0.2, 0.25) is 0 Å². The summed E-state index contributed by atoms with van der Waals surface area (Å²) < 4.78 is 70.8. The normalized spacial score (nSPS) is 11.8. The van der Waals surface area contributed by atoms with E-state index < -0.39 is 23.4 Å². The van der Waals surface area contributed by atoms with Gasteiger partial charge in [0, 0.05) is 38.1 Å². The number of aliphatic hydroxyl groups excluding tert-OH is 1. The summed E-state index contributed by atoms with van der Waals surface area (Å²) in [4.78, 5) is 14.5. The molecule has 9 heteroatoms. The summed E-state index contributed by atoms with van der Waals surface area (Å²) in [5.41, 5.74) is 0.282. The van der Waals surface area contributed by atoms with E-state index in [0.717, 1.165) is 33.0 Å². The van der Waals surface area contributed by atoms with Crippen molar-refractivity contribution in [3.05, 3.63) is 138 Å². The van der Waals surface area contributed by atoms with Gasteiger partial charge in [-0.2, -0.15) is 13.2 Å². The Bertz CT molecular complexity index is 2360. The van der Waals surface area contributed by atoms with Gasteiger partial charge in [-0.1, -0.05) is 71.6 Å². The van der Waals surface area contributed by atoms with Crippen molar-refractivity contribution in [2.45, 2.75) is 20.0 Å². The molecule has 0 bridgehead atoms. The Hall–Kier alpha value is -4.98. The van der Waals surface area contributed by atoms with Crippen LogP contribution in [0, 0.1) is 17.7 Å². The second-order valence-corrected chi connectivity index (χ2v) is 11.0. The average molecular weight is 827 g/mol. The Morgan fingerprint density at radius 2 is 1.38 bits per heavy atom. The Morgan fingerprint density at radius 3 is 2.04 bits per heavy atom. The standard InChI is InChI=1S/C34H17F5N.C5H8O2.Ir/c35-30-6-3-7-31(36)32(30)21-9-10-23-20(16-21)8-11-26-25(23)12-13-28-27(26)14-15-40-33(28)22-17-19-4-1-2-5-24(19)29(18-22)34(37,38)39;1-4(6)3-5(2)7;/h1-16,18H;3,6H,1-2H3;/q-1;;/b;4-3-;. The summed E-state index contributed by atoms with van der Waals surface area (Å²) >= 11 is 0. The van der Waals surface area contributed by atoms with Gasteiger partial charge in [0.1, 0.15) is 11.6 Å². The first kappa shape index (κ1) is 34.4. The second kappa shape index (κ2) is 13.6. The van der Waals surface area contributed by atoms with Crippen LogP contribution in [0.4, 0.5) is 22.0 Å². The van der Waals surface area contributed by atoms with Crippen LogP contribution in [0.1, 0.15) is 19.4 Å². The maximum Gasteiger partial charge on any atom is 0.403 e. The van der Waals surface area contributed by atoms with Gasteiger partial charge in [-0.05, 0) is 81.6 Å². The van der Waals surface area contributed by atoms with E-state index in [1.807, 2.05) is 36.4 Å². The van der Waals surface area contributed by atoms with Crippen LogP contribution < -0.4 is 0 Å². The van der Waals surface area contributed by atoms with Crippen LogP contribution in [0.5, 0.6) is 0 Å². The first-order valence-corrected chi connectivity index (χ1v) is 14.5. The first-order valence-electron chi connectivity index (χ1n) is 14.5. The molecule has 0 aliphatic heterocycles. The molecular formula is C39H25F5IrNO2-. The largest absolute Gasteiger partial charge is 0.512 e. The Morgan fingerprint density at radius 1 is 0.750 bits per heavy atom. The van der Waals surface area contributed by atoms with Crippen molar-refractivity contribution >= 4 is 48.9 Å². The number of ketones is 1. The zero-order valence-electron chi connectivity index (χ0n) is 25.4. The van der Waals surface area contributed by atoms with E-state index >= 15 is 0 Å². The minimum absolute atomic E-state index is 0. The third kappa shape index (κ3) is 6.70. The van der Waals surface area contributed by atoms with Gasteiger partial charge < -0.3 is 5.11 Å². The molecule has 0 amide bonds. The van der Waals surface area contributed by atoms with Crippen molar-refractivity contribution in [3.8, 4) is 22.4 Å². The van der Waals surface area contributed by atoms with Crippen molar-refractivity contribution in [1.82, 2.24) is 4.98 Å². The summed E-state index contributed by atoms with van der Waals surface area (Å²) in [6.07, 6.45) is -1.79. The number of aliphatic hydroxyl groups is 1. The fraction of sp³-hybridized carbons (Fsp3) is 0.0769. The van der Waals surface area contributed by atoms with E-state index in [0.29, 0.717) is 22.0 Å². The molecule has 1 N–H and O–H groups in total. The molecule has 0 unspecified atom stereocenters. The Labute approximate surface area is 285 Å². The molecule has 7 rings (SSSR count). The Kier molecular flexibility index (Phi) is 9.76. The number of carbonyl (C=O) groups excluding carboxylic acids is 1. The van der Waals surface area contributed by atoms with Gasteiger partial charge in [-0.15, -0.1) is 23.6 Å². The number of fused-ring (bicyclic) bond motifs is 6. The molecular weight excluding hydrogens is 802 g/mol. The molecule has 1 radical (unpaired) electrons. The molecule has 3 nitrogen and oxygen atoms in total. The summed E-state index contributed by atoms with van der Waals surface area (Å²) in [5, 5.41) is 13.8. The number of hydrogen-bond donors (Lipinski definition) is 1. The van der Waals surface area contributed by atoms with Crippen LogP contribution in [-0.4, -0.2) is 15.9 Å². The van der Waals surface area contributed by atoms with Gasteiger partial charge in [0.05, 0.1) is 11.3 Å². The van der Waals surface area contributed by atoms with Crippen molar-refractivity contribution in [1.29, 1.82) is 0 Å². The Balaban J connectivity index is 0.000000511. The van der Waals surface area contributed by atoms with Gasteiger partial charge in [-0.25, -0.2) is 8.78 Å². The number of alkyl halides is 3. The molecule has 0 spiro atoms. The number of benzene rings is 6. The second-order valence-electron chi connectivity index (χ2n) is 11.0. The number of nitrogens with zero attached hydrogens (tertiary/aromatic N) is 1. The van der Waals surface area contributed by atoms with Crippen molar-refractivity contribution in [2.75, 3.05) is 0 Å². The molecule has 0 aliphatic carbocycles. The van der Waals surface area contributed by atoms with Gasteiger partial charge in [0.25, 0.3) is 0 Å². The maximum atomic E-state index is 14.4. The average Bonchev–Trinajstić information content (AvgIpc) is 3.02. The van der Waals surface area contributed by atoms with Gasteiger partial charge in [-0.3, -0.25) is 9.78 Å². The number of allylic oxidation sites excluding steroid dienone is 2. The molecule has 1 heterocycles. The number of pyridine rings is 1. The molecule has 0 saturated carbocycles. The van der Waals surface area contributed by atoms with Crippen molar-refractivity contribution in [2.24, 2.45) is 0 Å². The minimum Gasteiger partial charge on any atom is -0.512 e. The molecule has 6 aromatic carbocycles. The van der Waals surface area contributed by atoms with Crippen LogP contribution in [-0.2, 0) is 31.1 Å². The van der Waals surface area contributed by atoms with E-state index in [2.05, 4.69) is 11.1 Å². The van der Waals surface area contributed by atoms with E-state index in [1.54, 1.807) is 36.5 Å². The van der Waals surface area contributed by atoms with Gasteiger partial charge in [0.15, 0.2) is 5.78 Å². The molecule has 0 saturated heterocycles. The number of hydrogen-bond acceptors (Lipinski definition) is 3. The van der Waals surface area contributed by atoms with Crippen LogP contribution in [0.15, 0.2) is 115 Å².